The number of rotatable bonds is 4. The SMILES string of the molecule is O=S(=O)(NCC1CCCNC1)c1cc2cc(Cl)ccc2s1. The van der Waals surface area contributed by atoms with E-state index in [9.17, 15) is 8.42 Å². The van der Waals surface area contributed by atoms with E-state index >= 15 is 0 Å². The number of nitrogens with one attached hydrogen (secondary N) is 2. The third-order valence-electron chi connectivity index (χ3n) is 3.68. The average Bonchev–Trinajstić information content (AvgIpc) is 2.90. The molecule has 1 fully saturated rings. The van der Waals surface area contributed by atoms with Crippen LogP contribution in [-0.4, -0.2) is 28.1 Å². The highest BCUT2D eigenvalue weighted by Gasteiger charge is 2.20. The lowest BCUT2D eigenvalue weighted by atomic mass is 10.0. The Morgan fingerprint density at radius 3 is 3.00 bits per heavy atom. The van der Waals surface area contributed by atoms with Gasteiger partial charge in [0.15, 0.2) is 0 Å². The second-order valence-corrected chi connectivity index (χ2v) is 8.83. The molecule has 0 bridgehead atoms. The highest BCUT2D eigenvalue weighted by atomic mass is 35.5. The second kappa shape index (κ2) is 6.22. The summed E-state index contributed by atoms with van der Waals surface area (Å²) in [6, 6.07) is 7.11. The van der Waals surface area contributed by atoms with Crippen LogP contribution in [0.1, 0.15) is 12.8 Å². The third-order valence-corrected chi connectivity index (χ3v) is 6.93. The molecule has 0 radical (unpaired) electrons. The normalized spacial score (nSPS) is 20.0. The van der Waals surface area contributed by atoms with Crippen LogP contribution in [-0.2, 0) is 10.0 Å². The zero-order valence-electron chi connectivity index (χ0n) is 11.4. The molecule has 1 unspecified atom stereocenters. The van der Waals surface area contributed by atoms with Gasteiger partial charge >= 0.3 is 0 Å². The first kappa shape index (κ1) is 15.2. The summed E-state index contributed by atoms with van der Waals surface area (Å²) in [4.78, 5) is 0. The summed E-state index contributed by atoms with van der Waals surface area (Å²) >= 11 is 7.21. The Labute approximate surface area is 133 Å². The highest BCUT2D eigenvalue weighted by molar-refractivity contribution is 7.91. The van der Waals surface area contributed by atoms with Crippen molar-refractivity contribution < 1.29 is 8.42 Å². The Hall–Kier alpha value is -0.660. The van der Waals surface area contributed by atoms with E-state index in [0.29, 0.717) is 21.7 Å². The maximum Gasteiger partial charge on any atom is 0.250 e. The largest absolute Gasteiger partial charge is 0.316 e. The third kappa shape index (κ3) is 3.57. The second-order valence-electron chi connectivity index (χ2n) is 5.31. The first-order chi connectivity index (χ1) is 10.0. The molecular weight excluding hydrogens is 328 g/mol. The molecule has 1 saturated heterocycles. The van der Waals surface area contributed by atoms with Crippen molar-refractivity contribution in [3.05, 3.63) is 29.3 Å². The first-order valence-electron chi connectivity index (χ1n) is 6.94. The quantitative estimate of drug-likeness (QED) is 0.896. The minimum atomic E-state index is -3.44. The number of halogens is 1. The van der Waals surface area contributed by atoms with Gasteiger partial charge in [0.25, 0.3) is 0 Å². The monoisotopic (exact) mass is 344 g/mol. The number of fused-ring (bicyclic) bond motifs is 1. The number of thiophene rings is 1. The van der Waals surface area contributed by atoms with Crippen LogP contribution in [0.2, 0.25) is 5.02 Å². The van der Waals surface area contributed by atoms with Crippen LogP contribution < -0.4 is 10.0 Å². The Kier molecular flexibility index (Phi) is 4.51. The molecule has 0 spiro atoms. The van der Waals surface area contributed by atoms with Crippen molar-refractivity contribution >= 4 is 43.0 Å². The summed E-state index contributed by atoms with van der Waals surface area (Å²) < 4.78 is 28.8. The van der Waals surface area contributed by atoms with Crippen molar-refractivity contribution in [3.8, 4) is 0 Å². The molecular formula is C14H17ClN2O2S2. The fraction of sp³-hybridized carbons (Fsp3) is 0.429. The maximum atomic E-state index is 12.4. The fourth-order valence-corrected chi connectivity index (χ4v) is 5.24. The van der Waals surface area contributed by atoms with Gasteiger partial charge in [0.05, 0.1) is 0 Å². The van der Waals surface area contributed by atoms with E-state index in [2.05, 4.69) is 10.0 Å². The molecule has 1 aliphatic heterocycles. The number of hydrogen-bond acceptors (Lipinski definition) is 4. The molecule has 2 heterocycles. The van der Waals surface area contributed by atoms with Crippen LogP contribution in [0.4, 0.5) is 0 Å². The molecule has 21 heavy (non-hydrogen) atoms. The van der Waals surface area contributed by atoms with Crippen LogP contribution in [0.3, 0.4) is 0 Å². The smallest absolute Gasteiger partial charge is 0.250 e. The Morgan fingerprint density at radius 2 is 2.24 bits per heavy atom. The lowest BCUT2D eigenvalue weighted by Crippen LogP contribution is -2.37. The summed E-state index contributed by atoms with van der Waals surface area (Å²) in [7, 11) is -3.44. The van der Waals surface area contributed by atoms with Crippen molar-refractivity contribution in [2.45, 2.75) is 17.1 Å². The molecule has 1 aromatic carbocycles. The number of piperidine rings is 1. The van der Waals surface area contributed by atoms with E-state index < -0.39 is 10.0 Å². The molecule has 3 rings (SSSR count). The van der Waals surface area contributed by atoms with E-state index in [0.717, 1.165) is 36.0 Å². The van der Waals surface area contributed by atoms with Crippen LogP contribution in [0.25, 0.3) is 10.1 Å². The minimum absolute atomic E-state index is 0.350. The Bertz CT molecular complexity index is 737. The average molecular weight is 345 g/mol. The number of sulfonamides is 1. The number of hydrogen-bond donors (Lipinski definition) is 2. The summed E-state index contributed by atoms with van der Waals surface area (Å²) in [5.74, 6) is 0.373. The van der Waals surface area contributed by atoms with E-state index in [1.807, 2.05) is 6.07 Å². The van der Waals surface area contributed by atoms with Crippen molar-refractivity contribution in [2.75, 3.05) is 19.6 Å². The van der Waals surface area contributed by atoms with Gasteiger partial charge in [-0.15, -0.1) is 11.3 Å². The highest BCUT2D eigenvalue weighted by Crippen LogP contribution is 2.30. The Morgan fingerprint density at radius 1 is 1.38 bits per heavy atom. The first-order valence-corrected chi connectivity index (χ1v) is 9.62. The molecule has 1 aliphatic rings. The van der Waals surface area contributed by atoms with Crippen molar-refractivity contribution in [1.29, 1.82) is 0 Å². The molecule has 0 aliphatic carbocycles. The predicted octanol–water partition coefficient (Wildman–Crippen LogP) is 2.83. The van der Waals surface area contributed by atoms with Gasteiger partial charge in [0.1, 0.15) is 4.21 Å². The molecule has 1 atom stereocenters. The molecule has 1 aromatic heterocycles. The van der Waals surface area contributed by atoms with Gasteiger partial charge in [-0.05, 0) is 61.5 Å². The van der Waals surface area contributed by atoms with E-state index in [1.54, 1.807) is 18.2 Å². The molecule has 2 aromatic rings. The predicted molar refractivity (Wildman–Crippen MR) is 87.6 cm³/mol. The molecule has 4 nitrogen and oxygen atoms in total. The zero-order valence-corrected chi connectivity index (χ0v) is 13.8. The molecule has 0 saturated carbocycles. The zero-order chi connectivity index (χ0) is 14.9. The van der Waals surface area contributed by atoms with Gasteiger partial charge in [-0.25, -0.2) is 13.1 Å². The molecule has 7 heteroatoms. The van der Waals surface area contributed by atoms with Gasteiger partial charge in [-0.3, -0.25) is 0 Å². The van der Waals surface area contributed by atoms with Crippen molar-refractivity contribution in [3.63, 3.8) is 0 Å². The standard InChI is InChI=1S/C14H17ClN2O2S2/c15-12-3-4-13-11(6-12)7-14(20-13)21(18,19)17-9-10-2-1-5-16-8-10/h3-4,6-7,10,16-17H,1-2,5,8-9H2. The van der Waals surface area contributed by atoms with Crippen LogP contribution >= 0.6 is 22.9 Å². The van der Waals surface area contributed by atoms with E-state index in [4.69, 9.17) is 11.6 Å². The maximum absolute atomic E-state index is 12.4. The summed E-state index contributed by atoms with van der Waals surface area (Å²) in [5, 5.41) is 4.78. The Balaban J connectivity index is 1.76. The van der Waals surface area contributed by atoms with E-state index in [1.165, 1.54) is 11.3 Å². The molecule has 2 N–H and O–H groups in total. The van der Waals surface area contributed by atoms with Crippen LogP contribution in [0, 0.1) is 5.92 Å². The molecule has 114 valence electrons. The van der Waals surface area contributed by atoms with E-state index in [-0.39, 0.29) is 0 Å². The van der Waals surface area contributed by atoms with Crippen molar-refractivity contribution in [2.24, 2.45) is 5.92 Å². The van der Waals surface area contributed by atoms with Gasteiger partial charge in [-0.1, -0.05) is 11.6 Å². The van der Waals surface area contributed by atoms with Crippen molar-refractivity contribution in [1.82, 2.24) is 10.0 Å². The minimum Gasteiger partial charge on any atom is -0.316 e. The summed E-state index contributed by atoms with van der Waals surface area (Å²) in [5.41, 5.74) is 0. The lowest BCUT2D eigenvalue weighted by Gasteiger charge is -2.22. The van der Waals surface area contributed by atoms with Gasteiger partial charge in [0, 0.05) is 16.3 Å². The molecule has 0 amide bonds. The van der Waals surface area contributed by atoms with Gasteiger partial charge in [-0.2, -0.15) is 0 Å². The van der Waals surface area contributed by atoms with Gasteiger partial charge < -0.3 is 5.32 Å². The van der Waals surface area contributed by atoms with Crippen LogP contribution in [0.5, 0.6) is 0 Å². The number of benzene rings is 1. The topological polar surface area (TPSA) is 58.2 Å². The van der Waals surface area contributed by atoms with Crippen LogP contribution in [0.15, 0.2) is 28.5 Å². The van der Waals surface area contributed by atoms with Gasteiger partial charge in [0.2, 0.25) is 10.0 Å². The summed E-state index contributed by atoms with van der Waals surface area (Å²) in [6.45, 7) is 2.40. The fourth-order valence-electron chi connectivity index (χ4n) is 2.52. The lowest BCUT2D eigenvalue weighted by molar-refractivity contribution is 0.376. The summed E-state index contributed by atoms with van der Waals surface area (Å²) in [6.07, 6.45) is 2.17.